The number of carbonyl (C=O) groups excluding carboxylic acids is 4. The molecule has 0 aromatic heterocycles. The lowest BCUT2D eigenvalue weighted by atomic mass is 9.88. The second kappa shape index (κ2) is 26.2. The number of nitrogens with one attached hydrogen (secondary N) is 2. The van der Waals surface area contributed by atoms with Crippen LogP contribution in [0.5, 0.6) is 0 Å². The van der Waals surface area contributed by atoms with E-state index in [1.807, 2.05) is 88.4 Å². The molecule has 0 bridgehead atoms. The van der Waals surface area contributed by atoms with Crippen molar-refractivity contribution in [1.82, 2.24) is 10.6 Å². The molecular formula is C42H64N2O6. The molecule has 2 rings (SSSR count). The predicted octanol–water partition coefficient (Wildman–Crippen LogP) is 9.49. The van der Waals surface area contributed by atoms with Crippen LogP contribution in [0.15, 0.2) is 60.7 Å². The van der Waals surface area contributed by atoms with Crippen LogP contribution in [0.4, 0.5) is 4.79 Å². The lowest BCUT2D eigenvalue weighted by Crippen LogP contribution is -2.45. The molecule has 0 aliphatic heterocycles. The molecule has 2 aromatic rings. The van der Waals surface area contributed by atoms with Gasteiger partial charge in [-0.15, -0.1) is 0 Å². The highest BCUT2D eigenvalue weighted by Gasteiger charge is 2.28. The Morgan fingerprint density at radius 2 is 1.10 bits per heavy atom. The predicted molar refractivity (Wildman–Crippen MR) is 200 cm³/mol. The molecule has 50 heavy (non-hydrogen) atoms. The summed E-state index contributed by atoms with van der Waals surface area (Å²) in [4.78, 5) is 50.7. The summed E-state index contributed by atoms with van der Waals surface area (Å²) in [5, 5.41) is 5.88. The number of unbranched alkanes of at least 4 members (excludes halogenated alkanes) is 10. The maximum atomic E-state index is 13.0. The Bertz CT molecular complexity index is 1130. The van der Waals surface area contributed by atoms with Crippen molar-refractivity contribution in [3.8, 4) is 0 Å². The van der Waals surface area contributed by atoms with E-state index in [9.17, 15) is 19.2 Å². The van der Waals surface area contributed by atoms with Crippen LogP contribution in [0.25, 0.3) is 0 Å². The lowest BCUT2D eigenvalue weighted by molar-refractivity contribution is -0.149. The van der Waals surface area contributed by atoms with E-state index >= 15 is 0 Å². The van der Waals surface area contributed by atoms with E-state index in [1.165, 1.54) is 32.1 Å². The fraction of sp³-hybridized carbons (Fsp3) is 0.619. The van der Waals surface area contributed by atoms with E-state index in [0.717, 1.165) is 62.5 Å². The zero-order chi connectivity index (χ0) is 36.4. The number of benzene rings is 2. The van der Waals surface area contributed by atoms with E-state index in [2.05, 4.69) is 10.6 Å². The Kier molecular flexibility index (Phi) is 22.2. The van der Waals surface area contributed by atoms with Crippen molar-refractivity contribution in [1.29, 1.82) is 0 Å². The van der Waals surface area contributed by atoms with Crippen LogP contribution in [0, 0.1) is 17.8 Å². The van der Waals surface area contributed by atoms with Gasteiger partial charge >= 0.3 is 12.1 Å². The zero-order valence-corrected chi connectivity index (χ0v) is 31.3. The van der Waals surface area contributed by atoms with Crippen molar-refractivity contribution >= 4 is 23.8 Å². The monoisotopic (exact) mass is 692 g/mol. The summed E-state index contributed by atoms with van der Waals surface area (Å²) in [6.07, 6.45) is 13.9. The molecule has 2 amide bonds. The topological polar surface area (TPSA) is 111 Å². The number of ether oxygens (including phenoxy) is 2. The summed E-state index contributed by atoms with van der Waals surface area (Å²) >= 11 is 0. The number of rotatable bonds is 27. The van der Waals surface area contributed by atoms with E-state index in [1.54, 1.807) is 0 Å². The van der Waals surface area contributed by atoms with Crippen LogP contribution in [0.1, 0.15) is 135 Å². The summed E-state index contributed by atoms with van der Waals surface area (Å²) in [6.45, 7) is 9.15. The molecule has 0 saturated carbocycles. The minimum atomic E-state index is -0.541. The molecule has 0 saturated heterocycles. The molecule has 0 aliphatic carbocycles. The van der Waals surface area contributed by atoms with Crippen LogP contribution in [0.2, 0.25) is 0 Å². The van der Waals surface area contributed by atoms with Crippen molar-refractivity contribution in [2.45, 2.75) is 143 Å². The first kappa shape index (κ1) is 42.5. The van der Waals surface area contributed by atoms with Gasteiger partial charge in [-0.3, -0.25) is 14.4 Å². The SMILES string of the molecule is CCC(C)[C@H](CC(=O)OCc1ccccc1)C(=O)NCCCCCCCCCCCCCC(=O)[C@@H](NC(=O)OCc1ccccc1)C(C)CC. The Morgan fingerprint density at radius 1 is 0.620 bits per heavy atom. The average Bonchev–Trinajstić information content (AvgIpc) is 3.14. The highest BCUT2D eigenvalue weighted by Crippen LogP contribution is 2.21. The highest BCUT2D eigenvalue weighted by molar-refractivity contribution is 5.87. The third-order valence-electron chi connectivity index (χ3n) is 9.74. The van der Waals surface area contributed by atoms with Crippen LogP contribution in [0.3, 0.4) is 0 Å². The fourth-order valence-corrected chi connectivity index (χ4v) is 5.99. The summed E-state index contributed by atoms with van der Waals surface area (Å²) < 4.78 is 10.8. The first-order chi connectivity index (χ1) is 24.2. The maximum absolute atomic E-state index is 13.0. The Labute approximate surface area is 301 Å². The molecule has 4 atom stereocenters. The molecule has 2 aromatic carbocycles. The van der Waals surface area contributed by atoms with Gasteiger partial charge in [-0.05, 0) is 35.8 Å². The van der Waals surface area contributed by atoms with Crippen LogP contribution in [-0.2, 0) is 37.1 Å². The van der Waals surface area contributed by atoms with Gasteiger partial charge in [0.15, 0.2) is 5.78 Å². The summed E-state index contributed by atoms with van der Waals surface area (Å²) in [5.41, 5.74) is 1.85. The van der Waals surface area contributed by atoms with Crippen molar-refractivity contribution in [2.75, 3.05) is 6.54 Å². The minimum Gasteiger partial charge on any atom is -0.461 e. The molecule has 0 radical (unpaired) electrons. The number of esters is 1. The van der Waals surface area contributed by atoms with Crippen molar-refractivity contribution < 1.29 is 28.7 Å². The molecule has 2 N–H and O–H groups in total. The molecule has 278 valence electrons. The first-order valence-corrected chi connectivity index (χ1v) is 19.2. The standard InChI is InChI=1S/C42H64N2O6/c1-5-33(3)37(30-39(46)49-31-35-24-18-16-19-25-35)41(47)43-29-23-15-13-11-9-7-8-10-12-14-22-28-38(45)40(34(4)6-2)44-42(48)50-32-36-26-20-17-21-27-36/h16-21,24-27,33-34,37,40H,5-15,22-23,28-32H2,1-4H3,(H,43,47)(H,44,48)/t33?,34?,37-,40-/m0/s1. The van der Waals surface area contributed by atoms with Crippen LogP contribution < -0.4 is 10.6 Å². The van der Waals surface area contributed by atoms with Gasteiger partial charge in [0.05, 0.1) is 18.4 Å². The second-order valence-corrected chi connectivity index (χ2v) is 13.8. The van der Waals surface area contributed by atoms with E-state index in [4.69, 9.17) is 9.47 Å². The smallest absolute Gasteiger partial charge is 0.408 e. The largest absolute Gasteiger partial charge is 0.461 e. The van der Waals surface area contributed by atoms with Gasteiger partial charge in [-0.1, -0.05) is 159 Å². The first-order valence-electron chi connectivity index (χ1n) is 19.2. The van der Waals surface area contributed by atoms with Gasteiger partial charge in [0.25, 0.3) is 0 Å². The third kappa shape index (κ3) is 18.4. The number of amides is 2. The quantitative estimate of drug-likeness (QED) is 0.0713. The Hall–Kier alpha value is -3.68. The van der Waals surface area contributed by atoms with Gasteiger partial charge in [0.2, 0.25) is 5.91 Å². The van der Waals surface area contributed by atoms with Crippen molar-refractivity contribution in [3.63, 3.8) is 0 Å². The number of hydrogen-bond donors (Lipinski definition) is 2. The van der Waals surface area contributed by atoms with Gasteiger partial charge < -0.3 is 20.1 Å². The Balaban J connectivity index is 1.49. The van der Waals surface area contributed by atoms with E-state index in [0.29, 0.717) is 13.0 Å². The summed E-state index contributed by atoms with van der Waals surface area (Å²) in [7, 11) is 0. The van der Waals surface area contributed by atoms with E-state index in [-0.39, 0.29) is 55.0 Å². The molecule has 2 unspecified atom stereocenters. The molecule has 8 nitrogen and oxygen atoms in total. The molecular weight excluding hydrogens is 628 g/mol. The van der Waals surface area contributed by atoms with E-state index < -0.39 is 12.1 Å². The lowest BCUT2D eigenvalue weighted by Gasteiger charge is -2.23. The average molecular weight is 693 g/mol. The molecule has 0 fully saturated rings. The number of ketones is 1. The fourth-order valence-electron chi connectivity index (χ4n) is 5.99. The number of carbonyl (C=O) groups is 4. The summed E-state index contributed by atoms with van der Waals surface area (Å²) in [5.74, 6) is -0.502. The molecule has 8 heteroatoms. The third-order valence-corrected chi connectivity index (χ3v) is 9.74. The normalized spacial score (nSPS) is 13.4. The van der Waals surface area contributed by atoms with Crippen molar-refractivity contribution in [2.24, 2.45) is 17.8 Å². The molecule has 0 spiro atoms. The van der Waals surface area contributed by atoms with Crippen LogP contribution >= 0.6 is 0 Å². The van der Waals surface area contributed by atoms with Gasteiger partial charge in [0.1, 0.15) is 13.2 Å². The molecule has 0 aliphatic rings. The molecule has 0 heterocycles. The second-order valence-electron chi connectivity index (χ2n) is 13.8. The maximum Gasteiger partial charge on any atom is 0.408 e. The zero-order valence-electron chi connectivity index (χ0n) is 31.3. The number of hydrogen-bond acceptors (Lipinski definition) is 6. The van der Waals surface area contributed by atoms with Gasteiger partial charge in [0, 0.05) is 13.0 Å². The number of alkyl carbamates (subject to hydrolysis) is 1. The summed E-state index contributed by atoms with van der Waals surface area (Å²) in [6, 6.07) is 18.6. The Morgan fingerprint density at radius 3 is 1.62 bits per heavy atom. The van der Waals surface area contributed by atoms with Gasteiger partial charge in [-0.25, -0.2) is 4.79 Å². The van der Waals surface area contributed by atoms with Gasteiger partial charge in [-0.2, -0.15) is 0 Å². The minimum absolute atomic E-state index is 0.0494. The van der Waals surface area contributed by atoms with Crippen LogP contribution in [-0.4, -0.2) is 36.3 Å². The highest BCUT2D eigenvalue weighted by atomic mass is 16.5. The number of Topliss-reactive ketones (excluding diaryl/α,β-unsaturated/α-hetero) is 1. The van der Waals surface area contributed by atoms with Crippen molar-refractivity contribution in [3.05, 3.63) is 71.8 Å².